The molecule has 1 heterocycles. The Hall–Kier alpha value is -4.29. The second-order valence-corrected chi connectivity index (χ2v) is 10.0. The van der Waals surface area contributed by atoms with Gasteiger partial charge >= 0.3 is 0 Å². The summed E-state index contributed by atoms with van der Waals surface area (Å²) in [4.78, 5) is 42.1. The van der Waals surface area contributed by atoms with E-state index in [4.69, 9.17) is 14.6 Å². The summed E-state index contributed by atoms with van der Waals surface area (Å²) in [6, 6.07) is 13.7. The van der Waals surface area contributed by atoms with Gasteiger partial charge < -0.3 is 14.4 Å². The van der Waals surface area contributed by atoms with E-state index in [1.807, 2.05) is 0 Å². The summed E-state index contributed by atoms with van der Waals surface area (Å²) in [5.41, 5.74) is 0.854. The third-order valence-electron chi connectivity index (χ3n) is 6.08. The van der Waals surface area contributed by atoms with Gasteiger partial charge in [0.1, 0.15) is 11.9 Å². The molecule has 0 bridgehead atoms. The number of sulfonamides is 1. The van der Waals surface area contributed by atoms with E-state index in [-0.39, 0.29) is 29.1 Å². The summed E-state index contributed by atoms with van der Waals surface area (Å²) in [6.45, 7) is -0.0880. The first-order valence-electron chi connectivity index (χ1n) is 11.3. The number of hydrogen-bond donors (Lipinski definition) is 1. The van der Waals surface area contributed by atoms with Crippen LogP contribution in [0, 0.1) is 5.82 Å². The number of carbonyl (C=O) groups excluding carboxylic acids is 3. The Morgan fingerprint density at radius 3 is 2.21 bits per heavy atom. The van der Waals surface area contributed by atoms with Crippen LogP contribution in [0.1, 0.15) is 22.3 Å². The number of benzene rings is 3. The Kier molecular flexibility index (Phi) is 7.46. The van der Waals surface area contributed by atoms with Crippen LogP contribution in [-0.2, 0) is 26.2 Å². The maximum absolute atomic E-state index is 13.7. The highest BCUT2D eigenvalue weighted by molar-refractivity contribution is 7.89. The molecule has 1 atom stereocenters. The molecule has 3 amide bonds. The molecule has 0 saturated carbocycles. The van der Waals surface area contributed by atoms with Gasteiger partial charge in [-0.25, -0.2) is 22.8 Å². The number of carbonyl (C=O) groups is 3. The van der Waals surface area contributed by atoms with E-state index < -0.39 is 39.6 Å². The van der Waals surface area contributed by atoms with Gasteiger partial charge in [-0.1, -0.05) is 12.1 Å². The molecule has 0 aliphatic carbocycles. The molecule has 2 N–H and O–H groups in total. The second-order valence-electron chi connectivity index (χ2n) is 8.46. The van der Waals surface area contributed by atoms with Crippen molar-refractivity contribution in [1.82, 2.24) is 4.90 Å². The lowest BCUT2D eigenvalue weighted by Crippen LogP contribution is -2.45. The Balaban J connectivity index is 1.70. The van der Waals surface area contributed by atoms with Gasteiger partial charge in [0, 0.05) is 12.1 Å². The molecule has 12 heteroatoms. The fraction of sp³-hybridized carbons (Fsp3) is 0.192. The van der Waals surface area contributed by atoms with E-state index in [1.165, 1.54) is 79.8 Å². The van der Waals surface area contributed by atoms with Gasteiger partial charge in [0.25, 0.3) is 11.8 Å². The van der Waals surface area contributed by atoms with Crippen molar-refractivity contribution in [2.75, 3.05) is 19.1 Å². The fourth-order valence-corrected chi connectivity index (χ4v) is 4.68. The molecule has 1 aliphatic rings. The van der Waals surface area contributed by atoms with Crippen molar-refractivity contribution in [2.45, 2.75) is 23.9 Å². The Morgan fingerprint density at radius 1 is 1.00 bits per heavy atom. The molecule has 3 aromatic rings. The number of methoxy groups -OCH3 is 2. The fourth-order valence-electron chi connectivity index (χ4n) is 4.16. The summed E-state index contributed by atoms with van der Waals surface area (Å²) in [6.07, 6.45) is -0.310. The van der Waals surface area contributed by atoms with Gasteiger partial charge in [0.05, 0.1) is 31.2 Å². The Labute approximate surface area is 218 Å². The molecule has 38 heavy (non-hydrogen) atoms. The summed E-state index contributed by atoms with van der Waals surface area (Å²) < 4.78 is 47.2. The molecule has 1 fully saturated rings. The molecular weight excluding hydrogens is 517 g/mol. The smallest absolute Gasteiger partial charge is 0.257 e. The van der Waals surface area contributed by atoms with E-state index >= 15 is 0 Å². The van der Waals surface area contributed by atoms with Crippen LogP contribution in [0.4, 0.5) is 10.1 Å². The van der Waals surface area contributed by atoms with Gasteiger partial charge in [-0.05, 0) is 60.2 Å². The molecule has 10 nitrogen and oxygen atoms in total. The first-order chi connectivity index (χ1) is 18.0. The average molecular weight is 542 g/mol. The molecule has 1 aliphatic heterocycles. The highest BCUT2D eigenvalue weighted by Crippen LogP contribution is 2.31. The number of amides is 3. The van der Waals surface area contributed by atoms with Crippen LogP contribution in [0.15, 0.2) is 71.6 Å². The van der Waals surface area contributed by atoms with Gasteiger partial charge in [0.15, 0.2) is 11.5 Å². The minimum atomic E-state index is -3.97. The van der Waals surface area contributed by atoms with Crippen molar-refractivity contribution in [3.8, 4) is 11.5 Å². The van der Waals surface area contributed by atoms with Crippen LogP contribution >= 0.6 is 0 Å². The minimum absolute atomic E-state index is 0.0880. The normalized spacial score (nSPS) is 15.5. The van der Waals surface area contributed by atoms with Crippen molar-refractivity contribution >= 4 is 33.4 Å². The van der Waals surface area contributed by atoms with Crippen molar-refractivity contribution < 1.29 is 36.7 Å². The lowest BCUT2D eigenvalue weighted by atomic mass is 10.1. The number of nitrogens with zero attached hydrogens (tertiary/aromatic N) is 2. The Morgan fingerprint density at radius 2 is 1.63 bits per heavy atom. The summed E-state index contributed by atoms with van der Waals surface area (Å²) in [5.74, 6) is -1.58. The van der Waals surface area contributed by atoms with E-state index in [1.54, 1.807) is 6.07 Å². The Bertz CT molecular complexity index is 1490. The molecule has 198 valence electrons. The highest BCUT2D eigenvalue weighted by Gasteiger charge is 2.44. The number of anilines is 1. The van der Waals surface area contributed by atoms with Crippen LogP contribution < -0.4 is 19.5 Å². The minimum Gasteiger partial charge on any atom is -0.493 e. The summed E-state index contributed by atoms with van der Waals surface area (Å²) in [5, 5.41) is 5.13. The van der Waals surface area contributed by atoms with Crippen molar-refractivity contribution in [3.63, 3.8) is 0 Å². The van der Waals surface area contributed by atoms with Crippen molar-refractivity contribution in [2.24, 2.45) is 5.14 Å². The maximum Gasteiger partial charge on any atom is 0.257 e. The summed E-state index contributed by atoms with van der Waals surface area (Å²) >= 11 is 0. The van der Waals surface area contributed by atoms with Gasteiger partial charge in [-0.15, -0.1) is 0 Å². The van der Waals surface area contributed by atoms with Crippen LogP contribution in [-0.4, -0.2) is 51.3 Å². The summed E-state index contributed by atoms with van der Waals surface area (Å²) in [7, 11) is -1.10. The zero-order chi connectivity index (χ0) is 27.6. The number of hydrogen-bond acceptors (Lipinski definition) is 7. The quantitative estimate of drug-likeness (QED) is 0.433. The number of primary sulfonamides is 1. The first-order valence-corrected chi connectivity index (χ1v) is 12.8. The number of rotatable bonds is 8. The zero-order valence-electron chi connectivity index (χ0n) is 20.5. The number of nitrogens with two attached hydrogens (primary N) is 1. The zero-order valence-corrected chi connectivity index (χ0v) is 21.3. The molecule has 0 spiro atoms. The lowest BCUT2D eigenvalue weighted by Gasteiger charge is -2.28. The molecule has 1 unspecified atom stereocenters. The third kappa shape index (κ3) is 5.36. The monoisotopic (exact) mass is 541 g/mol. The van der Waals surface area contributed by atoms with Gasteiger partial charge in [-0.3, -0.25) is 14.4 Å². The predicted molar refractivity (Wildman–Crippen MR) is 135 cm³/mol. The molecule has 1 saturated heterocycles. The standard InChI is InChI=1S/C26H24FN3O7S/c1-36-22-12-5-17(13-23(22)37-2)25(32)29(15-16-3-6-18(27)7-4-16)21-14-24(31)30(26(21)33)19-8-10-20(11-9-19)38(28,34)35/h3-13,21H,14-15H2,1-2H3,(H2,28,34,35). The van der Waals surface area contributed by atoms with Gasteiger partial charge in [-0.2, -0.15) is 0 Å². The maximum atomic E-state index is 13.7. The lowest BCUT2D eigenvalue weighted by molar-refractivity contribution is -0.122. The van der Waals surface area contributed by atoms with Crippen LogP contribution in [0.2, 0.25) is 0 Å². The van der Waals surface area contributed by atoms with E-state index in [2.05, 4.69) is 0 Å². The molecule has 3 aromatic carbocycles. The van der Waals surface area contributed by atoms with Gasteiger partial charge in [0.2, 0.25) is 15.9 Å². The van der Waals surface area contributed by atoms with E-state index in [0.29, 0.717) is 17.1 Å². The van der Waals surface area contributed by atoms with Crippen molar-refractivity contribution in [1.29, 1.82) is 0 Å². The number of ether oxygens (including phenoxy) is 2. The topological polar surface area (TPSA) is 136 Å². The van der Waals surface area contributed by atoms with Crippen LogP contribution in [0.5, 0.6) is 11.5 Å². The number of imide groups is 1. The van der Waals surface area contributed by atoms with E-state index in [9.17, 15) is 27.2 Å². The average Bonchev–Trinajstić information content (AvgIpc) is 3.20. The second kappa shape index (κ2) is 10.6. The van der Waals surface area contributed by atoms with Crippen molar-refractivity contribution in [3.05, 3.63) is 83.7 Å². The number of halogens is 1. The van der Waals surface area contributed by atoms with Crippen LogP contribution in [0.3, 0.4) is 0 Å². The molecule has 4 rings (SSSR count). The first kappa shape index (κ1) is 26.8. The van der Waals surface area contributed by atoms with E-state index in [0.717, 1.165) is 4.90 Å². The predicted octanol–water partition coefficient (Wildman–Crippen LogP) is 2.46. The molecular formula is C26H24FN3O7S. The molecule has 0 radical (unpaired) electrons. The third-order valence-corrected chi connectivity index (χ3v) is 7.01. The highest BCUT2D eigenvalue weighted by atomic mass is 32.2. The van der Waals surface area contributed by atoms with Crippen LogP contribution in [0.25, 0.3) is 0 Å². The molecule has 0 aromatic heterocycles. The SMILES string of the molecule is COc1ccc(C(=O)N(Cc2ccc(F)cc2)C2CC(=O)N(c3ccc(S(N)(=O)=O)cc3)C2=O)cc1OC. The largest absolute Gasteiger partial charge is 0.493 e.